The number of rotatable bonds is 6. The van der Waals surface area contributed by atoms with Gasteiger partial charge in [0.25, 0.3) is 0 Å². The van der Waals surface area contributed by atoms with Gasteiger partial charge in [0.1, 0.15) is 5.69 Å². The van der Waals surface area contributed by atoms with Crippen molar-refractivity contribution in [1.82, 2.24) is 9.78 Å². The highest BCUT2D eigenvalue weighted by atomic mass is 35.5. The van der Waals surface area contributed by atoms with Crippen molar-refractivity contribution in [3.63, 3.8) is 0 Å². The van der Waals surface area contributed by atoms with Crippen molar-refractivity contribution < 1.29 is 9.53 Å². The average molecular weight is 257 g/mol. The molecule has 0 N–H and O–H groups in total. The molecule has 0 bridgehead atoms. The van der Waals surface area contributed by atoms with E-state index < -0.39 is 0 Å². The van der Waals surface area contributed by atoms with Gasteiger partial charge in [0.15, 0.2) is 5.78 Å². The van der Waals surface area contributed by atoms with Crippen molar-refractivity contribution in [1.29, 1.82) is 0 Å². The van der Waals surface area contributed by atoms with Gasteiger partial charge in [-0.2, -0.15) is 5.10 Å². The minimum absolute atomic E-state index is 0.105. The van der Waals surface area contributed by atoms with Crippen LogP contribution in [0.25, 0.3) is 0 Å². The molecule has 1 fully saturated rings. The van der Waals surface area contributed by atoms with Crippen LogP contribution >= 0.6 is 11.6 Å². The van der Waals surface area contributed by atoms with Crippen molar-refractivity contribution in [3.8, 4) is 0 Å². The summed E-state index contributed by atoms with van der Waals surface area (Å²) in [7, 11) is 1.63. The van der Waals surface area contributed by atoms with Crippen LogP contribution < -0.4 is 0 Å². The number of ketones is 1. The molecule has 0 atom stereocenters. The molecule has 1 aliphatic rings. The van der Waals surface area contributed by atoms with E-state index in [2.05, 4.69) is 5.10 Å². The summed E-state index contributed by atoms with van der Waals surface area (Å²) in [5.74, 6) is 0.651. The van der Waals surface area contributed by atoms with Gasteiger partial charge in [0.2, 0.25) is 0 Å². The van der Waals surface area contributed by atoms with Gasteiger partial charge in [-0.1, -0.05) is 30.9 Å². The molecule has 5 heteroatoms. The van der Waals surface area contributed by atoms with Crippen LogP contribution in [0.1, 0.15) is 36.2 Å². The van der Waals surface area contributed by atoms with Gasteiger partial charge in [0.05, 0.1) is 24.4 Å². The number of Topliss-reactive ketones (excluding diaryl/α,β-unsaturated/α-hetero) is 1. The Hall–Kier alpha value is -0.870. The number of hydrogen-bond donors (Lipinski definition) is 0. The molecule has 0 amide bonds. The Morgan fingerprint density at radius 1 is 1.65 bits per heavy atom. The van der Waals surface area contributed by atoms with Gasteiger partial charge in [-0.15, -0.1) is 0 Å². The van der Waals surface area contributed by atoms with E-state index in [0.717, 1.165) is 12.8 Å². The summed E-state index contributed by atoms with van der Waals surface area (Å²) in [4.78, 5) is 12.1. The lowest BCUT2D eigenvalue weighted by Crippen LogP contribution is -2.19. The standard InChI is InChI=1S/C12H17ClN2O2/c1-17-6-5-15-12(10(13)8-14-15)11(16)7-9-3-2-4-9/h8-9H,2-7H2,1H3. The first kappa shape index (κ1) is 12.6. The van der Waals surface area contributed by atoms with Gasteiger partial charge in [-0.05, 0) is 5.92 Å². The molecule has 1 aliphatic carbocycles. The second kappa shape index (κ2) is 5.65. The second-order valence-corrected chi connectivity index (χ2v) is 4.89. The fraction of sp³-hybridized carbons (Fsp3) is 0.667. The summed E-state index contributed by atoms with van der Waals surface area (Å²) in [6.07, 6.45) is 5.70. The van der Waals surface area contributed by atoms with Crippen LogP contribution in [0.2, 0.25) is 5.02 Å². The molecule has 1 aromatic heterocycles. The molecule has 2 rings (SSSR count). The smallest absolute Gasteiger partial charge is 0.182 e. The molecule has 0 aliphatic heterocycles. The molecular weight excluding hydrogens is 240 g/mol. The third-order valence-corrected chi connectivity index (χ3v) is 3.54. The molecular formula is C12H17ClN2O2. The highest BCUT2D eigenvalue weighted by Crippen LogP contribution is 2.31. The van der Waals surface area contributed by atoms with E-state index in [9.17, 15) is 4.79 Å². The van der Waals surface area contributed by atoms with E-state index >= 15 is 0 Å². The first-order valence-electron chi connectivity index (χ1n) is 5.96. The Balaban J connectivity index is 2.06. The number of carbonyl (C=O) groups excluding carboxylic acids is 1. The minimum atomic E-state index is 0.105. The number of carbonyl (C=O) groups is 1. The quantitative estimate of drug-likeness (QED) is 0.735. The zero-order chi connectivity index (χ0) is 12.3. The highest BCUT2D eigenvalue weighted by molar-refractivity contribution is 6.33. The van der Waals surface area contributed by atoms with Crippen molar-refractivity contribution in [3.05, 3.63) is 16.9 Å². The van der Waals surface area contributed by atoms with Crippen molar-refractivity contribution >= 4 is 17.4 Å². The molecule has 94 valence electrons. The Labute approximate surface area is 106 Å². The van der Waals surface area contributed by atoms with Gasteiger partial charge in [0, 0.05) is 13.5 Å². The van der Waals surface area contributed by atoms with Crippen LogP contribution in [0.3, 0.4) is 0 Å². The Morgan fingerprint density at radius 2 is 2.41 bits per heavy atom. The van der Waals surface area contributed by atoms with E-state index in [4.69, 9.17) is 16.3 Å². The monoisotopic (exact) mass is 256 g/mol. The van der Waals surface area contributed by atoms with E-state index in [1.807, 2.05) is 0 Å². The summed E-state index contributed by atoms with van der Waals surface area (Å²) in [5.41, 5.74) is 0.538. The summed E-state index contributed by atoms with van der Waals surface area (Å²) >= 11 is 6.02. The summed E-state index contributed by atoms with van der Waals surface area (Å²) in [5, 5.41) is 4.56. The lowest BCUT2D eigenvalue weighted by molar-refractivity contribution is 0.0922. The SMILES string of the molecule is COCCn1ncc(Cl)c1C(=O)CC1CCC1. The topological polar surface area (TPSA) is 44.1 Å². The van der Waals surface area contributed by atoms with Crippen molar-refractivity contribution in [2.45, 2.75) is 32.2 Å². The van der Waals surface area contributed by atoms with Crippen LogP contribution in [-0.4, -0.2) is 29.3 Å². The molecule has 0 radical (unpaired) electrons. The molecule has 4 nitrogen and oxygen atoms in total. The molecule has 0 saturated heterocycles. The van der Waals surface area contributed by atoms with Crippen LogP contribution in [0, 0.1) is 5.92 Å². The summed E-state index contributed by atoms with van der Waals surface area (Å²) < 4.78 is 6.63. The van der Waals surface area contributed by atoms with Gasteiger partial charge in [-0.25, -0.2) is 0 Å². The van der Waals surface area contributed by atoms with Crippen molar-refractivity contribution in [2.24, 2.45) is 5.92 Å². The maximum absolute atomic E-state index is 12.1. The fourth-order valence-electron chi connectivity index (χ4n) is 2.04. The molecule has 17 heavy (non-hydrogen) atoms. The average Bonchev–Trinajstić information content (AvgIpc) is 2.62. The van der Waals surface area contributed by atoms with E-state index in [0.29, 0.717) is 36.2 Å². The molecule has 1 heterocycles. The van der Waals surface area contributed by atoms with E-state index in [-0.39, 0.29) is 5.78 Å². The first-order valence-corrected chi connectivity index (χ1v) is 6.33. The van der Waals surface area contributed by atoms with Crippen LogP contribution in [0.15, 0.2) is 6.20 Å². The number of hydrogen-bond acceptors (Lipinski definition) is 3. The van der Waals surface area contributed by atoms with Crippen LogP contribution in [0.4, 0.5) is 0 Å². The van der Waals surface area contributed by atoms with Gasteiger partial charge >= 0.3 is 0 Å². The molecule has 1 aromatic rings. The highest BCUT2D eigenvalue weighted by Gasteiger charge is 2.24. The predicted octanol–water partition coefficient (Wildman–Crippen LogP) is 2.56. The molecule has 1 saturated carbocycles. The van der Waals surface area contributed by atoms with E-state index in [1.165, 1.54) is 12.6 Å². The fourth-order valence-corrected chi connectivity index (χ4v) is 2.29. The zero-order valence-corrected chi connectivity index (χ0v) is 10.7. The number of aromatic nitrogens is 2. The van der Waals surface area contributed by atoms with Crippen LogP contribution in [-0.2, 0) is 11.3 Å². The molecule has 0 spiro atoms. The van der Waals surface area contributed by atoms with E-state index in [1.54, 1.807) is 11.8 Å². The molecule has 0 aromatic carbocycles. The Kier molecular flexibility index (Phi) is 4.18. The zero-order valence-electron chi connectivity index (χ0n) is 9.99. The maximum atomic E-state index is 12.1. The largest absolute Gasteiger partial charge is 0.383 e. The lowest BCUT2D eigenvalue weighted by atomic mass is 9.81. The Bertz CT molecular complexity index is 399. The summed E-state index contributed by atoms with van der Waals surface area (Å²) in [6.45, 7) is 1.09. The second-order valence-electron chi connectivity index (χ2n) is 4.48. The summed E-state index contributed by atoms with van der Waals surface area (Å²) in [6, 6.07) is 0. The number of halogens is 1. The first-order chi connectivity index (χ1) is 8.22. The molecule has 0 unspecified atom stereocenters. The Morgan fingerprint density at radius 3 is 3.00 bits per heavy atom. The predicted molar refractivity (Wildman–Crippen MR) is 65.4 cm³/mol. The van der Waals surface area contributed by atoms with Crippen LogP contribution in [0.5, 0.6) is 0 Å². The maximum Gasteiger partial charge on any atom is 0.182 e. The normalized spacial score (nSPS) is 15.9. The van der Waals surface area contributed by atoms with Crippen molar-refractivity contribution in [2.75, 3.05) is 13.7 Å². The third kappa shape index (κ3) is 2.87. The number of nitrogens with zero attached hydrogens (tertiary/aromatic N) is 2. The third-order valence-electron chi connectivity index (χ3n) is 3.26. The minimum Gasteiger partial charge on any atom is -0.383 e. The van der Waals surface area contributed by atoms with Gasteiger partial charge in [-0.3, -0.25) is 9.48 Å². The number of methoxy groups -OCH3 is 1. The number of ether oxygens (including phenoxy) is 1. The van der Waals surface area contributed by atoms with Gasteiger partial charge < -0.3 is 4.74 Å². The lowest BCUT2D eigenvalue weighted by Gasteiger charge is -2.24.